The van der Waals surface area contributed by atoms with Gasteiger partial charge in [-0.3, -0.25) is 4.79 Å². The average molecular weight is 266 g/mol. The Morgan fingerprint density at radius 3 is 2.83 bits per heavy atom. The fourth-order valence-corrected chi connectivity index (χ4v) is 2.21. The van der Waals surface area contributed by atoms with Crippen molar-refractivity contribution < 1.29 is 9.90 Å². The van der Waals surface area contributed by atoms with Crippen LogP contribution in [0.4, 0.5) is 0 Å². The van der Waals surface area contributed by atoms with E-state index in [2.05, 4.69) is 0 Å². The molecule has 4 heteroatoms. The molecule has 1 N–H and O–H groups in total. The maximum atomic E-state index is 11.9. The minimum Gasteiger partial charge on any atom is -0.388 e. The molecule has 1 aromatic carbocycles. The molecule has 3 nitrogen and oxygen atoms in total. The van der Waals surface area contributed by atoms with Crippen molar-refractivity contribution in [3.63, 3.8) is 0 Å². The molecule has 1 aliphatic rings. The zero-order chi connectivity index (χ0) is 13.2. The predicted octanol–water partition coefficient (Wildman–Crippen LogP) is 2.34. The lowest BCUT2D eigenvalue weighted by molar-refractivity contribution is -0.125. The molecule has 0 bridgehead atoms. The van der Waals surface area contributed by atoms with Crippen molar-refractivity contribution in [2.75, 3.05) is 13.1 Å². The molecule has 0 aliphatic carbocycles. The normalized spacial score (nSPS) is 23.8. The number of nitrogens with zero attached hydrogens (tertiary/aromatic N) is 1. The number of benzene rings is 1. The second-order valence-electron chi connectivity index (χ2n) is 4.86. The van der Waals surface area contributed by atoms with E-state index in [9.17, 15) is 9.90 Å². The number of hydrogen-bond donors (Lipinski definition) is 1. The highest BCUT2D eigenvalue weighted by atomic mass is 35.5. The smallest absolute Gasteiger partial charge is 0.246 e. The van der Waals surface area contributed by atoms with Crippen LogP contribution in [0.2, 0.25) is 5.02 Å². The number of amides is 1. The molecule has 2 rings (SSSR count). The van der Waals surface area contributed by atoms with Crippen molar-refractivity contribution in [3.05, 3.63) is 40.9 Å². The molecular weight excluding hydrogens is 250 g/mol. The Morgan fingerprint density at radius 1 is 1.50 bits per heavy atom. The molecule has 18 heavy (non-hydrogen) atoms. The van der Waals surface area contributed by atoms with E-state index in [0.717, 1.165) is 5.56 Å². The molecule has 0 spiro atoms. The van der Waals surface area contributed by atoms with Crippen LogP contribution >= 0.6 is 11.6 Å². The molecule has 1 fully saturated rings. The van der Waals surface area contributed by atoms with E-state index in [1.807, 2.05) is 18.2 Å². The zero-order valence-corrected chi connectivity index (χ0v) is 11.0. The van der Waals surface area contributed by atoms with Crippen LogP contribution < -0.4 is 0 Å². The lowest BCUT2D eigenvalue weighted by Gasteiger charge is -2.17. The first-order chi connectivity index (χ1) is 8.48. The summed E-state index contributed by atoms with van der Waals surface area (Å²) in [5.41, 5.74) is 0.0620. The summed E-state index contributed by atoms with van der Waals surface area (Å²) in [4.78, 5) is 13.5. The molecule has 96 valence electrons. The van der Waals surface area contributed by atoms with E-state index >= 15 is 0 Å². The minimum absolute atomic E-state index is 0.0901. The average Bonchev–Trinajstić information content (AvgIpc) is 2.68. The van der Waals surface area contributed by atoms with Crippen molar-refractivity contribution >= 4 is 23.6 Å². The van der Waals surface area contributed by atoms with Crippen molar-refractivity contribution in [2.24, 2.45) is 0 Å². The summed E-state index contributed by atoms with van der Waals surface area (Å²) >= 11 is 6.00. The molecular formula is C14H16ClNO2. The number of halogens is 1. The summed E-state index contributed by atoms with van der Waals surface area (Å²) < 4.78 is 0. The monoisotopic (exact) mass is 265 g/mol. The quantitative estimate of drug-likeness (QED) is 0.834. The largest absolute Gasteiger partial charge is 0.388 e. The highest BCUT2D eigenvalue weighted by Crippen LogP contribution is 2.21. The van der Waals surface area contributed by atoms with Gasteiger partial charge in [-0.2, -0.15) is 0 Å². The van der Waals surface area contributed by atoms with Gasteiger partial charge in [-0.05, 0) is 31.1 Å². The van der Waals surface area contributed by atoms with Gasteiger partial charge in [0.15, 0.2) is 0 Å². The standard InChI is InChI=1S/C14H16ClNO2/c1-14(18)8-9-16(10-14)13(17)7-6-11-4-2-3-5-12(11)15/h2-7,18H,8-10H2,1H3/b7-6+. The van der Waals surface area contributed by atoms with Gasteiger partial charge in [0, 0.05) is 24.2 Å². The van der Waals surface area contributed by atoms with E-state index < -0.39 is 5.60 Å². The number of carbonyl (C=O) groups excluding carboxylic acids is 1. The topological polar surface area (TPSA) is 40.5 Å². The molecule has 0 radical (unpaired) electrons. The van der Waals surface area contributed by atoms with Crippen LogP contribution in [0.3, 0.4) is 0 Å². The van der Waals surface area contributed by atoms with Crippen LogP contribution in [-0.4, -0.2) is 34.6 Å². The lowest BCUT2D eigenvalue weighted by atomic mass is 10.1. The van der Waals surface area contributed by atoms with Gasteiger partial charge in [0.1, 0.15) is 0 Å². The third-order valence-corrected chi connectivity index (χ3v) is 3.42. The number of β-amino-alcohol motifs (C(OH)–C–C–N with tert-alkyl or cyclic N) is 1. The van der Waals surface area contributed by atoms with Gasteiger partial charge in [-0.15, -0.1) is 0 Å². The molecule has 1 atom stereocenters. The van der Waals surface area contributed by atoms with Crippen LogP contribution in [0.15, 0.2) is 30.3 Å². The third kappa shape index (κ3) is 3.12. The second-order valence-corrected chi connectivity index (χ2v) is 5.27. The molecule has 1 aromatic rings. The lowest BCUT2D eigenvalue weighted by Crippen LogP contribution is -2.32. The molecule has 1 unspecified atom stereocenters. The van der Waals surface area contributed by atoms with Crippen LogP contribution in [0.25, 0.3) is 6.08 Å². The summed E-state index contributed by atoms with van der Waals surface area (Å²) in [5, 5.41) is 10.4. The summed E-state index contributed by atoms with van der Waals surface area (Å²) in [6.45, 7) is 2.73. The summed E-state index contributed by atoms with van der Waals surface area (Å²) in [6, 6.07) is 7.36. The van der Waals surface area contributed by atoms with E-state index in [4.69, 9.17) is 11.6 Å². The van der Waals surface area contributed by atoms with Crippen LogP contribution in [0, 0.1) is 0 Å². The van der Waals surface area contributed by atoms with Crippen LogP contribution in [-0.2, 0) is 4.79 Å². The first-order valence-electron chi connectivity index (χ1n) is 5.92. The highest BCUT2D eigenvalue weighted by Gasteiger charge is 2.32. The van der Waals surface area contributed by atoms with E-state index in [-0.39, 0.29) is 5.91 Å². The Hall–Kier alpha value is -1.32. The molecule has 0 aromatic heterocycles. The van der Waals surface area contributed by atoms with E-state index in [1.165, 1.54) is 6.08 Å². The third-order valence-electron chi connectivity index (χ3n) is 3.07. The Labute approximate surface area is 112 Å². The Kier molecular flexibility index (Phi) is 3.73. The second kappa shape index (κ2) is 5.12. The fourth-order valence-electron chi connectivity index (χ4n) is 2.01. The first-order valence-corrected chi connectivity index (χ1v) is 6.30. The number of likely N-dealkylation sites (tertiary alicyclic amines) is 1. The SMILES string of the molecule is CC1(O)CCN(C(=O)/C=C/c2ccccc2Cl)C1. The minimum atomic E-state index is -0.756. The van der Waals surface area contributed by atoms with Crippen molar-refractivity contribution in [3.8, 4) is 0 Å². The molecule has 1 heterocycles. The fraction of sp³-hybridized carbons (Fsp3) is 0.357. The number of rotatable bonds is 2. The van der Waals surface area contributed by atoms with Gasteiger partial charge in [-0.1, -0.05) is 29.8 Å². The van der Waals surface area contributed by atoms with Crippen LogP contribution in [0.1, 0.15) is 18.9 Å². The molecule has 1 aliphatic heterocycles. The molecule has 1 saturated heterocycles. The Balaban J connectivity index is 2.02. The molecule has 0 saturated carbocycles. The summed E-state index contributed by atoms with van der Waals surface area (Å²) in [6.07, 6.45) is 3.83. The van der Waals surface area contributed by atoms with Crippen molar-refractivity contribution in [1.82, 2.24) is 4.90 Å². The summed E-state index contributed by atoms with van der Waals surface area (Å²) in [5.74, 6) is -0.0901. The molecule has 1 amide bonds. The van der Waals surface area contributed by atoms with E-state index in [0.29, 0.717) is 24.5 Å². The number of hydrogen-bond acceptors (Lipinski definition) is 2. The van der Waals surface area contributed by atoms with Gasteiger partial charge in [0.25, 0.3) is 0 Å². The van der Waals surface area contributed by atoms with Crippen LogP contribution in [0.5, 0.6) is 0 Å². The maximum absolute atomic E-state index is 11.9. The van der Waals surface area contributed by atoms with Crippen molar-refractivity contribution in [1.29, 1.82) is 0 Å². The Bertz CT molecular complexity index is 482. The maximum Gasteiger partial charge on any atom is 0.246 e. The number of carbonyl (C=O) groups is 1. The highest BCUT2D eigenvalue weighted by molar-refractivity contribution is 6.32. The summed E-state index contributed by atoms with van der Waals surface area (Å²) in [7, 11) is 0. The van der Waals surface area contributed by atoms with Gasteiger partial charge < -0.3 is 10.0 Å². The number of aliphatic hydroxyl groups is 1. The first kappa shape index (κ1) is 13.1. The van der Waals surface area contributed by atoms with Gasteiger partial charge in [-0.25, -0.2) is 0 Å². The van der Waals surface area contributed by atoms with Crippen molar-refractivity contribution in [2.45, 2.75) is 18.9 Å². The van der Waals surface area contributed by atoms with E-state index in [1.54, 1.807) is 24.0 Å². The van der Waals surface area contributed by atoms with Gasteiger partial charge in [0.2, 0.25) is 5.91 Å². The predicted molar refractivity (Wildman–Crippen MR) is 72.3 cm³/mol. The van der Waals surface area contributed by atoms with Gasteiger partial charge >= 0.3 is 0 Å². The Morgan fingerprint density at radius 2 is 2.22 bits per heavy atom. The zero-order valence-electron chi connectivity index (χ0n) is 10.3. The van der Waals surface area contributed by atoms with Gasteiger partial charge in [0.05, 0.1) is 5.60 Å².